The first-order chi connectivity index (χ1) is 12.2. The Morgan fingerprint density at radius 2 is 1.19 bits per heavy atom. The van der Waals surface area contributed by atoms with E-state index in [-0.39, 0.29) is 5.75 Å². The van der Waals surface area contributed by atoms with E-state index in [2.05, 4.69) is 29.0 Å². The van der Waals surface area contributed by atoms with Crippen LogP contribution >= 0.6 is 22.6 Å². The van der Waals surface area contributed by atoms with Gasteiger partial charge in [-0.25, -0.2) is 0 Å². The van der Waals surface area contributed by atoms with Crippen molar-refractivity contribution in [3.63, 3.8) is 0 Å². The minimum Gasteiger partial charge on any atom is -0.404 e. The second-order valence-electron chi connectivity index (χ2n) is 6.10. The molecule has 0 unspecified atom stereocenters. The molecule has 0 aromatic heterocycles. The van der Waals surface area contributed by atoms with Crippen molar-refractivity contribution >= 4 is 22.6 Å². The quantitative estimate of drug-likeness (QED) is 0.372. The average Bonchev–Trinajstić information content (AvgIpc) is 2.58. The predicted octanol–water partition coefficient (Wildman–Crippen LogP) is 7.14. The van der Waals surface area contributed by atoms with Gasteiger partial charge in [-0.05, 0) is 76.4 Å². The highest BCUT2D eigenvalue weighted by Crippen LogP contribution is 2.35. The molecule has 0 saturated heterocycles. The van der Waals surface area contributed by atoms with Crippen LogP contribution in [-0.4, -0.2) is 6.36 Å². The van der Waals surface area contributed by atoms with Gasteiger partial charge in [-0.1, -0.05) is 54.1 Å². The average molecular weight is 468 g/mol. The summed E-state index contributed by atoms with van der Waals surface area (Å²) in [7, 11) is 0. The molecule has 3 rings (SSSR count). The molecule has 0 aliphatic heterocycles. The second kappa shape index (κ2) is 7.31. The molecule has 26 heavy (non-hydrogen) atoms. The third-order valence-electron chi connectivity index (χ3n) is 4.05. The Hall–Kier alpha value is -2.02. The molecule has 1 nitrogen and oxygen atoms in total. The van der Waals surface area contributed by atoms with E-state index in [1.165, 1.54) is 5.56 Å². The lowest BCUT2D eigenvalue weighted by atomic mass is 9.98. The van der Waals surface area contributed by atoms with Crippen molar-refractivity contribution in [1.29, 1.82) is 0 Å². The molecule has 0 heterocycles. The van der Waals surface area contributed by atoms with Gasteiger partial charge in [0, 0.05) is 0 Å². The molecule has 0 saturated carbocycles. The number of aryl methyl sites for hydroxylation is 2. The van der Waals surface area contributed by atoms with Gasteiger partial charge >= 0.3 is 6.36 Å². The van der Waals surface area contributed by atoms with Crippen LogP contribution in [0.25, 0.3) is 22.3 Å². The topological polar surface area (TPSA) is 9.23 Å². The second-order valence-corrected chi connectivity index (χ2v) is 7.26. The molecule has 0 spiro atoms. The lowest BCUT2D eigenvalue weighted by molar-refractivity contribution is -0.275. The normalized spacial score (nSPS) is 11.5. The summed E-state index contributed by atoms with van der Waals surface area (Å²) in [6, 6.07) is 19.7. The third kappa shape index (κ3) is 4.38. The fourth-order valence-corrected chi connectivity index (χ4v) is 3.61. The van der Waals surface area contributed by atoms with E-state index in [1.807, 2.05) is 53.8 Å². The first kappa shape index (κ1) is 18.8. The van der Waals surface area contributed by atoms with Crippen LogP contribution in [0.15, 0.2) is 60.7 Å². The fraction of sp³-hybridized carbons (Fsp3) is 0.143. The summed E-state index contributed by atoms with van der Waals surface area (Å²) in [5.74, 6) is -0.141. The van der Waals surface area contributed by atoms with E-state index >= 15 is 0 Å². The van der Waals surface area contributed by atoms with Crippen LogP contribution < -0.4 is 4.74 Å². The van der Waals surface area contributed by atoms with Crippen LogP contribution in [0.2, 0.25) is 0 Å². The summed E-state index contributed by atoms with van der Waals surface area (Å²) in [6.45, 7) is 3.66. The summed E-state index contributed by atoms with van der Waals surface area (Å²) >= 11 is 1.87. The van der Waals surface area contributed by atoms with Gasteiger partial charge in [0.1, 0.15) is 5.75 Å². The Morgan fingerprint density at radius 3 is 1.65 bits per heavy atom. The smallest absolute Gasteiger partial charge is 0.404 e. The highest BCUT2D eigenvalue weighted by atomic mass is 127. The van der Waals surface area contributed by atoms with E-state index in [4.69, 9.17) is 0 Å². The largest absolute Gasteiger partial charge is 0.573 e. The van der Waals surface area contributed by atoms with Crippen LogP contribution in [0, 0.1) is 17.4 Å². The molecule has 3 aromatic carbocycles. The predicted molar refractivity (Wildman–Crippen MR) is 106 cm³/mol. The van der Waals surface area contributed by atoms with Gasteiger partial charge in [0.25, 0.3) is 0 Å². The molecular weight excluding hydrogens is 452 g/mol. The maximum absolute atomic E-state index is 12.5. The Bertz CT molecular complexity index is 890. The van der Waals surface area contributed by atoms with Crippen molar-refractivity contribution in [2.24, 2.45) is 0 Å². The number of ether oxygens (including phenoxy) is 1. The van der Waals surface area contributed by atoms with Crippen molar-refractivity contribution < 1.29 is 17.9 Å². The van der Waals surface area contributed by atoms with E-state index in [1.54, 1.807) is 19.1 Å². The Labute approximate surface area is 164 Å². The molecule has 5 heteroatoms. The monoisotopic (exact) mass is 468 g/mol. The number of alkyl halides is 3. The molecule has 0 aliphatic carbocycles. The zero-order chi connectivity index (χ0) is 18.9. The van der Waals surface area contributed by atoms with Gasteiger partial charge in [-0.15, -0.1) is 13.2 Å². The van der Waals surface area contributed by atoms with Crippen molar-refractivity contribution in [2.45, 2.75) is 20.2 Å². The van der Waals surface area contributed by atoms with Crippen molar-refractivity contribution in [3.05, 3.63) is 75.4 Å². The molecule has 0 bridgehead atoms. The molecule has 134 valence electrons. The summed E-state index contributed by atoms with van der Waals surface area (Å²) in [5, 5.41) is 0. The van der Waals surface area contributed by atoms with Crippen LogP contribution in [0.3, 0.4) is 0 Å². The molecule has 0 radical (unpaired) electrons. The lowest BCUT2D eigenvalue weighted by Gasteiger charge is -2.15. The van der Waals surface area contributed by atoms with E-state index < -0.39 is 6.36 Å². The molecule has 0 N–H and O–H groups in total. The summed E-state index contributed by atoms with van der Waals surface area (Å²) < 4.78 is 42.2. The first-order valence-corrected chi connectivity index (χ1v) is 9.04. The molecule has 0 atom stereocenters. The fourth-order valence-electron chi connectivity index (χ4n) is 2.74. The van der Waals surface area contributed by atoms with Crippen molar-refractivity contribution in [3.8, 4) is 28.0 Å². The Balaban J connectivity index is 1.91. The van der Waals surface area contributed by atoms with Gasteiger partial charge in [-0.3, -0.25) is 0 Å². The van der Waals surface area contributed by atoms with Gasteiger partial charge in [0.15, 0.2) is 0 Å². The van der Waals surface area contributed by atoms with Gasteiger partial charge in [-0.2, -0.15) is 0 Å². The highest BCUT2D eigenvalue weighted by Gasteiger charge is 2.32. The van der Waals surface area contributed by atoms with Crippen LogP contribution in [0.4, 0.5) is 13.2 Å². The van der Waals surface area contributed by atoms with Crippen LogP contribution in [0.5, 0.6) is 5.75 Å². The van der Waals surface area contributed by atoms with E-state index in [0.29, 0.717) is 9.13 Å². The van der Waals surface area contributed by atoms with Gasteiger partial charge in [0.05, 0.1) is 3.57 Å². The SMILES string of the molecule is Cc1ccc(-c2ccc(-c3cc(C)c(OC(F)(F)F)c(I)c3)cc2)cc1. The standard InChI is InChI=1S/C21H16F3IO/c1-13-3-5-15(6-4-13)16-7-9-17(10-8-16)18-11-14(2)20(19(25)12-18)26-21(22,23)24/h3-12H,1-2H3. The zero-order valence-corrected chi connectivity index (χ0v) is 16.4. The first-order valence-electron chi connectivity index (χ1n) is 7.96. The maximum atomic E-state index is 12.5. The number of halogens is 4. The molecule has 0 aliphatic rings. The molecular formula is C21H16F3IO. The number of benzene rings is 3. The van der Waals surface area contributed by atoms with Crippen molar-refractivity contribution in [1.82, 2.24) is 0 Å². The maximum Gasteiger partial charge on any atom is 0.573 e. The van der Waals surface area contributed by atoms with Gasteiger partial charge < -0.3 is 4.74 Å². The minimum absolute atomic E-state index is 0.141. The third-order valence-corrected chi connectivity index (χ3v) is 4.85. The molecule has 0 amide bonds. The molecule has 0 fully saturated rings. The van der Waals surface area contributed by atoms with Crippen LogP contribution in [0.1, 0.15) is 11.1 Å². The van der Waals surface area contributed by atoms with E-state index in [9.17, 15) is 13.2 Å². The van der Waals surface area contributed by atoms with Gasteiger partial charge in [0.2, 0.25) is 0 Å². The summed E-state index contributed by atoms with van der Waals surface area (Å²) in [6.07, 6.45) is -4.69. The Kier molecular flexibility index (Phi) is 5.27. The van der Waals surface area contributed by atoms with E-state index in [0.717, 1.165) is 22.3 Å². The molecule has 3 aromatic rings. The summed E-state index contributed by atoms with van der Waals surface area (Å²) in [5.41, 5.74) is 5.68. The minimum atomic E-state index is -4.69. The highest BCUT2D eigenvalue weighted by molar-refractivity contribution is 14.1. The number of rotatable bonds is 3. The lowest BCUT2D eigenvalue weighted by Crippen LogP contribution is -2.18. The number of hydrogen-bond acceptors (Lipinski definition) is 1. The zero-order valence-electron chi connectivity index (χ0n) is 14.2. The van der Waals surface area contributed by atoms with Crippen LogP contribution in [-0.2, 0) is 0 Å². The van der Waals surface area contributed by atoms with Crippen molar-refractivity contribution in [2.75, 3.05) is 0 Å². The number of hydrogen-bond donors (Lipinski definition) is 0. The summed E-state index contributed by atoms with van der Waals surface area (Å²) in [4.78, 5) is 0. The Morgan fingerprint density at radius 1 is 0.731 bits per heavy atom.